The zero-order chi connectivity index (χ0) is 28.1. The Morgan fingerprint density at radius 2 is 1.67 bits per heavy atom. The van der Waals surface area contributed by atoms with Gasteiger partial charge in [0.25, 0.3) is 0 Å². The molecule has 2 fully saturated rings. The van der Waals surface area contributed by atoms with Gasteiger partial charge in [0.2, 0.25) is 17.7 Å². The summed E-state index contributed by atoms with van der Waals surface area (Å²) in [6.07, 6.45) is 8.35. The highest BCUT2D eigenvalue weighted by Crippen LogP contribution is 2.58. The molecule has 8 nitrogen and oxygen atoms in total. The fraction of sp³-hybridized carbons (Fsp3) is 0.581. The summed E-state index contributed by atoms with van der Waals surface area (Å²) in [4.78, 5) is 48.3. The number of nitrogens with zero attached hydrogens (tertiary/aromatic N) is 3. The molecule has 4 heterocycles. The first-order chi connectivity index (χ1) is 18.6. The number of aliphatic hydroxyl groups excluding tert-OH is 1. The van der Waals surface area contributed by atoms with Gasteiger partial charge in [-0.25, -0.2) is 0 Å². The van der Waals surface area contributed by atoms with Crippen LogP contribution in [-0.4, -0.2) is 86.6 Å². The molecule has 1 aromatic carbocycles. The van der Waals surface area contributed by atoms with Gasteiger partial charge in [-0.1, -0.05) is 74.9 Å². The molecule has 0 aromatic heterocycles. The maximum Gasteiger partial charge on any atom is 0.249 e. The summed E-state index contributed by atoms with van der Waals surface area (Å²) in [6, 6.07) is 8.18. The Balaban J connectivity index is 1.63. The molecule has 8 heteroatoms. The van der Waals surface area contributed by atoms with Crippen molar-refractivity contribution < 1.29 is 24.2 Å². The largest absolute Gasteiger partial charge is 0.394 e. The molecule has 1 N–H and O–H groups in total. The van der Waals surface area contributed by atoms with Crippen LogP contribution in [0.2, 0.25) is 0 Å². The van der Waals surface area contributed by atoms with Gasteiger partial charge in [0.1, 0.15) is 11.6 Å². The van der Waals surface area contributed by atoms with E-state index in [9.17, 15) is 19.5 Å². The maximum absolute atomic E-state index is 14.6. The number of fused-ring (bicyclic) bond motifs is 2. The van der Waals surface area contributed by atoms with Crippen LogP contribution in [0.25, 0.3) is 0 Å². The van der Waals surface area contributed by atoms with E-state index in [1.54, 1.807) is 14.7 Å². The van der Waals surface area contributed by atoms with E-state index in [1.807, 2.05) is 89.3 Å². The van der Waals surface area contributed by atoms with E-state index >= 15 is 0 Å². The fourth-order valence-electron chi connectivity index (χ4n) is 7.11. The lowest BCUT2D eigenvalue weighted by Gasteiger charge is -2.42. The van der Waals surface area contributed by atoms with E-state index in [0.29, 0.717) is 19.6 Å². The monoisotopic (exact) mass is 535 g/mol. The number of amides is 3. The molecule has 5 rings (SSSR count). The molecular formula is C31H41N3O5. The van der Waals surface area contributed by atoms with E-state index in [1.165, 1.54) is 0 Å². The van der Waals surface area contributed by atoms with Crippen molar-refractivity contribution in [2.45, 2.75) is 76.9 Å². The van der Waals surface area contributed by atoms with Gasteiger partial charge in [-0.15, -0.1) is 0 Å². The van der Waals surface area contributed by atoms with Gasteiger partial charge in [-0.2, -0.15) is 0 Å². The number of likely N-dealkylation sites (tertiary alicyclic amines) is 1. The van der Waals surface area contributed by atoms with E-state index in [4.69, 9.17) is 4.74 Å². The summed E-state index contributed by atoms with van der Waals surface area (Å²) in [5, 5.41) is 10.5. The standard InChI is InChI=1S/C31H41N3O5/c1-6-21(4)23(19-35)34-26-29(38)33(20(2)3)17-11-15-31(26)25(28(34)37)24-27(36)32(16-10-14-30(24,5)39-31)18-22-12-8-7-9-13-22/h7-15,20-21,23-26,35H,6,16-19H2,1-5H3/t21-,23-,24+,25-,26?,30-,31-/m0/s1. The average Bonchev–Trinajstić information content (AvgIpc) is 3.18. The van der Waals surface area contributed by atoms with Crippen LogP contribution >= 0.6 is 0 Å². The first-order valence-electron chi connectivity index (χ1n) is 14.2. The summed E-state index contributed by atoms with van der Waals surface area (Å²) in [6.45, 7) is 10.7. The highest BCUT2D eigenvalue weighted by molar-refractivity contribution is 6.00. The lowest BCUT2D eigenvalue weighted by molar-refractivity contribution is -0.157. The van der Waals surface area contributed by atoms with Crippen LogP contribution in [0.1, 0.15) is 46.6 Å². The van der Waals surface area contributed by atoms with Crippen LogP contribution < -0.4 is 0 Å². The number of hydrogen-bond acceptors (Lipinski definition) is 5. The molecule has 4 aliphatic heterocycles. The van der Waals surface area contributed by atoms with Crippen LogP contribution in [0, 0.1) is 17.8 Å². The molecule has 210 valence electrons. The molecule has 7 atom stereocenters. The Kier molecular flexibility index (Phi) is 7.22. The Labute approximate surface area is 231 Å². The van der Waals surface area contributed by atoms with E-state index in [2.05, 4.69) is 0 Å². The molecule has 1 unspecified atom stereocenters. The summed E-state index contributed by atoms with van der Waals surface area (Å²) in [5.74, 6) is -2.39. The van der Waals surface area contributed by atoms with Crippen molar-refractivity contribution in [3.05, 3.63) is 60.2 Å². The Bertz CT molecular complexity index is 1180. The summed E-state index contributed by atoms with van der Waals surface area (Å²) in [7, 11) is 0. The van der Waals surface area contributed by atoms with Crippen molar-refractivity contribution in [2.75, 3.05) is 19.7 Å². The molecule has 0 radical (unpaired) electrons. The molecule has 0 aliphatic carbocycles. The van der Waals surface area contributed by atoms with Crippen LogP contribution in [0.5, 0.6) is 0 Å². The molecule has 0 saturated carbocycles. The van der Waals surface area contributed by atoms with Crippen molar-refractivity contribution >= 4 is 17.7 Å². The smallest absolute Gasteiger partial charge is 0.249 e. The van der Waals surface area contributed by atoms with Gasteiger partial charge >= 0.3 is 0 Å². The number of carbonyl (C=O) groups is 3. The van der Waals surface area contributed by atoms with Crippen molar-refractivity contribution in [3.8, 4) is 0 Å². The Morgan fingerprint density at radius 3 is 2.31 bits per heavy atom. The molecule has 4 aliphatic rings. The third-order valence-corrected chi connectivity index (χ3v) is 9.29. The van der Waals surface area contributed by atoms with Gasteiger partial charge in [0, 0.05) is 25.7 Å². The SMILES string of the molecule is CC[C@H](C)[C@H](CO)N1C(=O)[C@@H]2[C@@H]3C(=O)N(Cc4ccccc4)CC=C[C@]3(C)O[C@@]23C=CCN(C(C)C)C(=O)C13. The minimum Gasteiger partial charge on any atom is -0.394 e. The molecule has 3 amide bonds. The van der Waals surface area contributed by atoms with Crippen molar-refractivity contribution in [2.24, 2.45) is 17.8 Å². The normalized spacial score (nSPS) is 33.7. The summed E-state index contributed by atoms with van der Waals surface area (Å²) in [5.41, 5.74) is -1.37. The van der Waals surface area contributed by atoms with Crippen molar-refractivity contribution in [1.29, 1.82) is 0 Å². The Morgan fingerprint density at radius 1 is 0.974 bits per heavy atom. The molecule has 39 heavy (non-hydrogen) atoms. The number of aliphatic hydroxyl groups is 1. The summed E-state index contributed by atoms with van der Waals surface area (Å²) >= 11 is 0. The van der Waals surface area contributed by atoms with Gasteiger partial charge < -0.3 is 24.5 Å². The third-order valence-electron chi connectivity index (χ3n) is 9.29. The van der Waals surface area contributed by atoms with Gasteiger partial charge in [-0.05, 0) is 32.3 Å². The molecule has 1 aromatic rings. The number of ether oxygens (including phenoxy) is 1. The first kappa shape index (κ1) is 27.6. The van der Waals surface area contributed by atoms with Gasteiger partial charge in [0.05, 0.1) is 30.1 Å². The number of carbonyl (C=O) groups excluding carboxylic acids is 3. The molecule has 2 saturated heterocycles. The number of benzene rings is 1. The zero-order valence-corrected chi connectivity index (χ0v) is 23.6. The fourth-order valence-corrected chi connectivity index (χ4v) is 7.11. The second-order valence-corrected chi connectivity index (χ2v) is 12.0. The quantitative estimate of drug-likeness (QED) is 0.543. The highest BCUT2D eigenvalue weighted by atomic mass is 16.5. The van der Waals surface area contributed by atoms with Crippen molar-refractivity contribution in [1.82, 2.24) is 14.7 Å². The first-order valence-corrected chi connectivity index (χ1v) is 14.2. The lowest BCUT2D eigenvalue weighted by atomic mass is 9.74. The minimum atomic E-state index is -1.31. The molecule has 1 spiro atoms. The van der Waals surface area contributed by atoms with E-state index < -0.39 is 35.1 Å². The topological polar surface area (TPSA) is 90.4 Å². The maximum atomic E-state index is 14.6. The summed E-state index contributed by atoms with van der Waals surface area (Å²) < 4.78 is 6.89. The highest BCUT2D eigenvalue weighted by Gasteiger charge is 2.75. The van der Waals surface area contributed by atoms with Gasteiger partial charge in [0.15, 0.2) is 0 Å². The van der Waals surface area contributed by atoms with E-state index in [0.717, 1.165) is 12.0 Å². The van der Waals surface area contributed by atoms with Crippen LogP contribution in [0.3, 0.4) is 0 Å². The Hall–Kier alpha value is -2.97. The predicted octanol–water partition coefficient (Wildman–Crippen LogP) is 2.77. The average molecular weight is 536 g/mol. The second-order valence-electron chi connectivity index (χ2n) is 12.0. The van der Waals surface area contributed by atoms with Crippen molar-refractivity contribution in [3.63, 3.8) is 0 Å². The minimum absolute atomic E-state index is 0.0481. The second kappa shape index (κ2) is 10.2. The predicted molar refractivity (Wildman–Crippen MR) is 147 cm³/mol. The number of hydrogen-bond donors (Lipinski definition) is 1. The van der Waals surface area contributed by atoms with E-state index in [-0.39, 0.29) is 36.3 Å². The van der Waals surface area contributed by atoms with Crippen LogP contribution in [0.15, 0.2) is 54.6 Å². The zero-order valence-electron chi connectivity index (χ0n) is 23.6. The molecule has 0 bridgehead atoms. The third kappa shape index (κ3) is 4.23. The van der Waals surface area contributed by atoms with Crippen LogP contribution in [-0.2, 0) is 25.7 Å². The molecular weight excluding hydrogens is 494 g/mol. The lowest BCUT2D eigenvalue weighted by Crippen LogP contribution is -2.60. The number of rotatable bonds is 7. The van der Waals surface area contributed by atoms with Crippen LogP contribution in [0.4, 0.5) is 0 Å². The van der Waals surface area contributed by atoms with Gasteiger partial charge in [-0.3, -0.25) is 14.4 Å².